The lowest BCUT2D eigenvalue weighted by molar-refractivity contribution is 0.310. The van der Waals surface area contributed by atoms with E-state index in [0.717, 1.165) is 5.56 Å². The number of hydrogen-bond acceptors (Lipinski definition) is 5. The Balaban J connectivity index is 3.04. The Hall–Kier alpha value is -1.23. The molecule has 88 valence electrons. The molecular weight excluding hydrogens is 226 g/mol. The number of nitrogens with zero attached hydrogens (tertiary/aromatic N) is 1. The van der Waals surface area contributed by atoms with E-state index in [9.17, 15) is 4.91 Å². The minimum absolute atomic E-state index is 0.376. The number of methoxy groups -OCH3 is 1. The minimum atomic E-state index is -0.451. The molecule has 0 aliphatic rings. The summed E-state index contributed by atoms with van der Waals surface area (Å²) < 4.78 is 10.6. The fourth-order valence-corrected chi connectivity index (χ4v) is 1.65. The van der Waals surface area contributed by atoms with Crippen molar-refractivity contribution in [3.05, 3.63) is 28.7 Å². The van der Waals surface area contributed by atoms with Crippen LogP contribution in [0.3, 0.4) is 0 Å². The number of benzene rings is 1. The lowest BCUT2D eigenvalue weighted by Gasteiger charge is -2.12. The molecule has 1 aromatic rings. The summed E-state index contributed by atoms with van der Waals surface area (Å²) in [4.78, 5) is 10.6. The molecule has 0 saturated heterocycles. The van der Waals surface area contributed by atoms with E-state index in [4.69, 9.17) is 9.47 Å². The number of hydrogen-bond donors (Lipinski definition) is 1. The Morgan fingerprint density at radius 1 is 1.44 bits per heavy atom. The van der Waals surface area contributed by atoms with Crippen molar-refractivity contribution in [2.45, 2.75) is 13.0 Å². The minimum Gasteiger partial charge on any atom is -0.493 e. The predicted octanol–water partition coefficient (Wildman–Crippen LogP) is 2.83. The summed E-state index contributed by atoms with van der Waals surface area (Å²) in [5.41, 5.74) is 0.786. The van der Waals surface area contributed by atoms with Crippen LogP contribution < -0.4 is 9.47 Å². The standard InChI is InChI=1S/C11H15NO3S/c1-3-15-11-6-8(9(7-16)12-13)4-5-10(11)14-2/h4-6,9,16H,3,7H2,1-2H3/t9-/m0/s1. The quantitative estimate of drug-likeness (QED) is 0.615. The second-order valence-corrected chi connectivity index (χ2v) is 3.51. The van der Waals surface area contributed by atoms with Gasteiger partial charge in [0.1, 0.15) is 6.04 Å². The van der Waals surface area contributed by atoms with E-state index < -0.39 is 6.04 Å². The van der Waals surface area contributed by atoms with Gasteiger partial charge in [-0.2, -0.15) is 17.5 Å². The zero-order chi connectivity index (χ0) is 12.0. The maximum atomic E-state index is 10.6. The summed E-state index contributed by atoms with van der Waals surface area (Å²) >= 11 is 4.08. The van der Waals surface area contributed by atoms with Crippen LogP contribution in [0.25, 0.3) is 0 Å². The Morgan fingerprint density at radius 3 is 2.69 bits per heavy atom. The van der Waals surface area contributed by atoms with Crippen LogP contribution in [0.4, 0.5) is 0 Å². The first-order chi connectivity index (χ1) is 7.76. The van der Waals surface area contributed by atoms with Gasteiger partial charge >= 0.3 is 0 Å². The molecule has 0 heterocycles. The van der Waals surface area contributed by atoms with E-state index in [1.54, 1.807) is 25.3 Å². The summed E-state index contributed by atoms with van der Waals surface area (Å²) in [5.74, 6) is 1.65. The second-order valence-electron chi connectivity index (χ2n) is 3.15. The molecule has 0 spiro atoms. The topological polar surface area (TPSA) is 47.9 Å². The van der Waals surface area contributed by atoms with E-state index in [0.29, 0.717) is 23.9 Å². The molecule has 0 radical (unpaired) electrons. The smallest absolute Gasteiger partial charge is 0.161 e. The van der Waals surface area contributed by atoms with Crippen molar-refractivity contribution in [1.29, 1.82) is 0 Å². The molecule has 0 bridgehead atoms. The van der Waals surface area contributed by atoms with Crippen LogP contribution >= 0.6 is 12.6 Å². The van der Waals surface area contributed by atoms with E-state index in [1.165, 1.54) is 0 Å². The van der Waals surface area contributed by atoms with Crippen molar-refractivity contribution < 1.29 is 9.47 Å². The van der Waals surface area contributed by atoms with Gasteiger partial charge in [-0.15, -0.1) is 0 Å². The van der Waals surface area contributed by atoms with Gasteiger partial charge in [-0.3, -0.25) is 0 Å². The second kappa shape index (κ2) is 6.37. The molecule has 4 nitrogen and oxygen atoms in total. The van der Waals surface area contributed by atoms with Crippen molar-refractivity contribution in [2.75, 3.05) is 19.5 Å². The van der Waals surface area contributed by atoms with Crippen molar-refractivity contribution >= 4 is 12.6 Å². The third-order valence-electron chi connectivity index (χ3n) is 2.17. The molecule has 0 aromatic heterocycles. The zero-order valence-corrected chi connectivity index (χ0v) is 10.2. The van der Waals surface area contributed by atoms with Gasteiger partial charge in [-0.05, 0) is 24.6 Å². The van der Waals surface area contributed by atoms with E-state index in [2.05, 4.69) is 17.8 Å². The molecule has 0 aliphatic heterocycles. The maximum Gasteiger partial charge on any atom is 0.161 e. The normalized spacial score (nSPS) is 11.9. The number of ether oxygens (including phenoxy) is 2. The summed E-state index contributed by atoms with van der Waals surface area (Å²) in [6, 6.07) is 4.88. The van der Waals surface area contributed by atoms with Crippen LogP contribution in [0.2, 0.25) is 0 Å². The summed E-state index contributed by atoms with van der Waals surface area (Å²) in [5, 5.41) is 3.01. The van der Waals surface area contributed by atoms with Gasteiger partial charge in [0.2, 0.25) is 0 Å². The van der Waals surface area contributed by atoms with E-state index in [1.807, 2.05) is 6.92 Å². The monoisotopic (exact) mass is 241 g/mol. The van der Waals surface area contributed by atoms with Crippen LogP contribution in [0.15, 0.2) is 23.4 Å². The maximum absolute atomic E-state index is 10.6. The zero-order valence-electron chi connectivity index (χ0n) is 9.34. The highest BCUT2D eigenvalue weighted by Gasteiger charge is 2.13. The molecule has 1 atom stereocenters. The number of thiol groups is 1. The summed E-state index contributed by atoms with van der Waals surface area (Å²) in [7, 11) is 1.57. The molecule has 1 rings (SSSR count). The van der Waals surface area contributed by atoms with Gasteiger partial charge in [-0.25, -0.2) is 0 Å². The first-order valence-corrected chi connectivity index (χ1v) is 5.64. The van der Waals surface area contributed by atoms with E-state index >= 15 is 0 Å². The summed E-state index contributed by atoms with van der Waals surface area (Å²) in [6.45, 7) is 2.43. The molecule has 16 heavy (non-hydrogen) atoms. The van der Waals surface area contributed by atoms with Crippen molar-refractivity contribution in [3.8, 4) is 11.5 Å². The summed E-state index contributed by atoms with van der Waals surface area (Å²) in [6.07, 6.45) is 0. The van der Waals surface area contributed by atoms with Gasteiger partial charge in [-0.1, -0.05) is 11.2 Å². The van der Waals surface area contributed by atoms with E-state index in [-0.39, 0.29) is 0 Å². The molecule has 5 heteroatoms. The molecule has 0 fully saturated rings. The largest absolute Gasteiger partial charge is 0.493 e. The van der Waals surface area contributed by atoms with Crippen molar-refractivity contribution in [3.63, 3.8) is 0 Å². The van der Waals surface area contributed by atoms with Gasteiger partial charge in [0.15, 0.2) is 11.5 Å². The molecule has 0 aliphatic carbocycles. The predicted molar refractivity (Wildman–Crippen MR) is 66.6 cm³/mol. The fourth-order valence-electron chi connectivity index (χ4n) is 1.37. The van der Waals surface area contributed by atoms with Crippen LogP contribution in [-0.2, 0) is 0 Å². The van der Waals surface area contributed by atoms with Crippen LogP contribution in [0.1, 0.15) is 18.5 Å². The Kier molecular flexibility index (Phi) is 5.11. The highest BCUT2D eigenvalue weighted by molar-refractivity contribution is 7.80. The molecule has 1 aromatic carbocycles. The van der Waals surface area contributed by atoms with Gasteiger partial charge in [0.25, 0.3) is 0 Å². The average molecular weight is 241 g/mol. The highest BCUT2D eigenvalue weighted by atomic mass is 32.1. The number of nitroso groups, excluding NO2 is 1. The molecule has 0 amide bonds. The van der Waals surface area contributed by atoms with Crippen LogP contribution in [0, 0.1) is 4.91 Å². The fraction of sp³-hybridized carbons (Fsp3) is 0.455. The lowest BCUT2D eigenvalue weighted by atomic mass is 10.1. The Labute approximate surface area is 100 Å². The SMILES string of the molecule is CCOc1cc([C@H](CS)N=O)ccc1OC. The Bertz CT molecular complexity index is 357. The molecule has 0 unspecified atom stereocenters. The Morgan fingerprint density at radius 2 is 2.19 bits per heavy atom. The molecular formula is C11H15NO3S. The van der Waals surface area contributed by atoms with Gasteiger partial charge in [0, 0.05) is 5.75 Å². The van der Waals surface area contributed by atoms with Crippen LogP contribution in [-0.4, -0.2) is 19.5 Å². The van der Waals surface area contributed by atoms with Gasteiger partial charge in [0.05, 0.1) is 13.7 Å². The molecule has 0 N–H and O–H groups in total. The van der Waals surface area contributed by atoms with Crippen molar-refractivity contribution in [2.24, 2.45) is 5.18 Å². The van der Waals surface area contributed by atoms with Crippen molar-refractivity contribution in [1.82, 2.24) is 0 Å². The number of rotatable bonds is 6. The van der Waals surface area contributed by atoms with Crippen LogP contribution in [0.5, 0.6) is 11.5 Å². The third kappa shape index (κ3) is 2.88. The first kappa shape index (κ1) is 12.8. The third-order valence-corrected chi connectivity index (χ3v) is 2.52. The first-order valence-electron chi connectivity index (χ1n) is 5.00. The lowest BCUT2D eigenvalue weighted by Crippen LogP contribution is -2.00. The van der Waals surface area contributed by atoms with Gasteiger partial charge < -0.3 is 9.47 Å². The average Bonchev–Trinajstić information content (AvgIpc) is 2.31. The molecule has 0 saturated carbocycles. The highest BCUT2D eigenvalue weighted by Crippen LogP contribution is 2.31.